The second kappa shape index (κ2) is 8.01. The Hall–Kier alpha value is -2.18. The van der Waals surface area contributed by atoms with Gasteiger partial charge < -0.3 is 23.9 Å². The molecule has 26 heavy (non-hydrogen) atoms. The van der Waals surface area contributed by atoms with Crippen LogP contribution in [0.1, 0.15) is 24.2 Å². The van der Waals surface area contributed by atoms with E-state index in [9.17, 15) is 0 Å². The van der Waals surface area contributed by atoms with Crippen molar-refractivity contribution in [1.82, 2.24) is 5.32 Å². The number of furan rings is 1. The van der Waals surface area contributed by atoms with Crippen LogP contribution in [0.3, 0.4) is 0 Å². The highest BCUT2D eigenvalue weighted by Crippen LogP contribution is 2.40. The van der Waals surface area contributed by atoms with Crippen molar-refractivity contribution in [2.75, 3.05) is 33.6 Å². The third kappa shape index (κ3) is 3.52. The van der Waals surface area contributed by atoms with Crippen LogP contribution in [0.4, 0.5) is 0 Å². The Labute approximate surface area is 158 Å². The first kappa shape index (κ1) is 18.6. The number of ether oxygens (including phenoxy) is 3. The van der Waals surface area contributed by atoms with Crippen LogP contribution < -0.4 is 14.8 Å². The highest BCUT2D eigenvalue weighted by atomic mass is 35.5. The zero-order chi connectivity index (χ0) is 17.1. The third-order valence-corrected chi connectivity index (χ3v) is 5.01. The minimum atomic E-state index is -0.0399. The largest absolute Gasteiger partial charge is 0.461 e. The Morgan fingerprint density at radius 1 is 1.15 bits per heavy atom. The summed E-state index contributed by atoms with van der Waals surface area (Å²) >= 11 is 0. The van der Waals surface area contributed by atoms with Crippen molar-refractivity contribution in [1.29, 1.82) is 0 Å². The third-order valence-electron chi connectivity index (χ3n) is 5.01. The summed E-state index contributed by atoms with van der Waals surface area (Å²) in [6, 6.07) is 10.0. The van der Waals surface area contributed by atoms with Gasteiger partial charge in [-0.2, -0.15) is 0 Å². The number of rotatable bonds is 4. The van der Waals surface area contributed by atoms with Gasteiger partial charge in [-0.05, 0) is 42.7 Å². The van der Waals surface area contributed by atoms with Crippen LogP contribution in [0.2, 0.25) is 0 Å². The maximum atomic E-state index is 5.61. The topological polar surface area (TPSA) is 65.2 Å². The van der Waals surface area contributed by atoms with Crippen molar-refractivity contribution >= 4 is 18.2 Å². The molecule has 0 unspecified atom stereocenters. The molecule has 0 aliphatic carbocycles. The Bertz CT molecular complexity index is 755. The lowest BCUT2D eigenvalue weighted by atomic mass is 9.74. The van der Waals surface area contributed by atoms with Crippen molar-refractivity contribution in [2.45, 2.75) is 18.3 Å². The summed E-state index contributed by atoms with van der Waals surface area (Å²) in [5, 5.41) is 3.48. The van der Waals surface area contributed by atoms with E-state index in [1.54, 1.807) is 13.3 Å². The van der Waals surface area contributed by atoms with E-state index in [0.29, 0.717) is 0 Å². The number of halogens is 1. The van der Waals surface area contributed by atoms with Gasteiger partial charge in [-0.15, -0.1) is 12.4 Å². The van der Waals surface area contributed by atoms with E-state index < -0.39 is 0 Å². The summed E-state index contributed by atoms with van der Waals surface area (Å²) in [4.78, 5) is 4.33. The normalized spacial score (nSPS) is 18.3. The van der Waals surface area contributed by atoms with Crippen molar-refractivity contribution in [3.05, 3.63) is 47.9 Å². The highest BCUT2D eigenvalue weighted by molar-refractivity contribution is 5.96. The molecule has 7 heteroatoms. The Kier molecular flexibility index (Phi) is 5.74. The fourth-order valence-corrected chi connectivity index (χ4v) is 3.50. The second-order valence-corrected chi connectivity index (χ2v) is 6.36. The number of nitrogens with zero attached hydrogens (tertiary/aromatic N) is 1. The number of nitrogens with one attached hydrogen (secondary N) is 1. The smallest absolute Gasteiger partial charge is 0.231 e. The lowest BCUT2D eigenvalue weighted by Crippen LogP contribution is -2.44. The molecule has 0 radical (unpaired) electrons. The molecule has 1 saturated heterocycles. The van der Waals surface area contributed by atoms with E-state index in [-0.39, 0.29) is 24.6 Å². The molecule has 0 amide bonds. The zero-order valence-corrected chi connectivity index (χ0v) is 15.5. The van der Waals surface area contributed by atoms with Crippen molar-refractivity contribution in [2.24, 2.45) is 4.99 Å². The lowest BCUT2D eigenvalue weighted by Gasteiger charge is -2.38. The van der Waals surface area contributed by atoms with Gasteiger partial charge in [0.2, 0.25) is 6.79 Å². The van der Waals surface area contributed by atoms with Gasteiger partial charge in [0, 0.05) is 32.2 Å². The van der Waals surface area contributed by atoms with Crippen molar-refractivity contribution in [3.8, 4) is 11.5 Å². The molecule has 1 fully saturated rings. The quantitative estimate of drug-likeness (QED) is 0.654. The molecule has 6 nitrogen and oxygen atoms in total. The van der Waals surface area contributed by atoms with Crippen LogP contribution >= 0.6 is 12.4 Å². The molecular formula is C19H23ClN2O4. The first-order valence-electron chi connectivity index (χ1n) is 8.53. The number of fused-ring (bicyclic) bond motifs is 1. The van der Waals surface area contributed by atoms with E-state index in [0.717, 1.165) is 55.7 Å². The molecular weight excluding hydrogens is 356 g/mol. The molecule has 0 atom stereocenters. The molecule has 1 N–H and O–H groups in total. The number of hydrogen-bond acceptors (Lipinski definition) is 5. The summed E-state index contributed by atoms with van der Waals surface area (Å²) in [6.45, 7) is 2.53. The van der Waals surface area contributed by atoms with Gasteiger partial charge in [-0.3, -0.25) is 4.99 Å². The SMILES string of the molecule is CN=C(NCC1(c2ccc3c(c2)OCO3)CCOCC1)c1ccco1.Cl. The van der Waals surface area contributed by atoms with Crippen molar-refractivity contribution in [3.63, 3.8) is 0 Å². The molecule has 2 aliphatic heterocycles. The second-order valence-electron chi connectivity index (χ2n) is 6.36. The zero-order valence-electron chi connectivity index (χ0n) is 14.7. The van der Waals surface area contributed by atoms with Crippen LogP contribution in [0.5, 0.6) is 11.5 Å². The van der Waals surface area contributed by atoms with Crippen LogP contribution in [0, 0.1) is 0 Å². The van der Waals surface area contributed by atoms with E-state index in [1.165, 1.54) is 5.56 Å². The molecule has 3 heterocycles. The lowest BCUT2D eigenvalue weighted by molar-refractivity contribution is 0.0514. The molecule has 140 valence electrons. The van der Waals surface area contributed by atoms with Crippen molar-refractivity contribution < 1.29 is 18.6 Å². The summed E-state index contributed by atoms with van der Waals surface area (Å²) < 4.78 is 22.1. The van der Waals surface area contributed by atoms with Crippen LogP contribution in [0.25, 0.3) is 0 Å². The van der Waals surface area contributed by atoms with Gasteiger partial charge in [-0.1, -0.05) is 6.07 Å². The molecule has 1 aromatic heterocycles. The van der Waals surface area contributed by atoms with Gasteiger partial charge in [0.25, 0.3) is 0 Å². The summed E-state index contributed by atoms with van der Waals surface area (Å²) in [7, 11) is 1.77. The number of amidine groups is 1. The molecule has 2 aliphatic rings. The Morgan fingerprint density at radius 2 is 1.96 bits per heavy atom. The number of hydrogen-bond donors (Lipinski definition) is 1. The highest BCUT2D eigenvalue weighted by Gasteiger charge is 2.36. The van der Waals surface area contributed by atoms with Gasteiger partial charge in [0.05, 0.1) is 6.26 Å². The molecule has 0 bridgehead atoms. The van der Waals surface area contributed by atoms with Gasteiger partial charge >= 0.3 is 0 Å². The van der Waals surface area contributed by atoms with E-state index in [1.807, 2.05) is 18.2 Å². The fraction of sp³-hybridized carbons (Fsp3) is 0.421. The molecule has 1 aromatic carbocycles. The first-order chi connectivity index (χ1) is 12.3. The Morgan fingerprint density at radius 3 is 2.69 bits per heavy atom. The summed E-state index contributed by atoms with van der Waals surface area (Å²) in [6.07, 6.45) is 3.54. The summed E-state index contributed by atoms with van der Waals surface area (Å²) in [5.74, 6) is 3.14. The monoisotopic (exact) mass is 378 g/mol. The van der Waals surface area contributed by atoms with Crippen LogP contribution in [-0.4, -0.2) is 39.4 Å². The molecule has 4 rings (SSSR count). The predicted octanol–water partition coefficient (Wildman–Crippen LogP) is 3.14. The van der Waals surface area contributed by atoms with E-state index in [4.69, 9.17) is 18.6 Å². The van der Waals surface area contributed by atoms with Gasteiger partial charge in [0.1, 0.15) is 0 Å². The van der Waals surface area contributed by atoms with Gasteiger partial charge in [-0.25, -0.2) is 0 Å². The van der Waals surface area contributed by atoms with Crippen LogP contribution in [-0.2, 0) is 10.2 Å². The maximum absolute atomic E-state index is 5.61. The number of benzene rings is 1. The maximum Gasteiger partial charge on any atom is 0.231 e. The Balaban J connectivity index is 0.00000196. The van der Waals surface area contributed by atoms with Gasteiger partial charge in [0.15, 0.2) is 23.1 Å². The molecule has 0 spiro atoms. The average Bonchev–Trinajstić information content (AvgIpc) is 3.34. The molecule has 0 saturated carbocycles. The number of aliphatic imine (C=N–C) groups is 1. The standard InChI is InChI=1S/C19H22N2O4.ClH/c1-20-18(16-3-2-8-23-16)21-12-19(6-9-22-10-7-19)14-4-5-15-17(11-14)25-13-24-15;/h2-5,8,11H,6-7,9-10,12-13H2,1H3,(H,20,21);1H. The fourth-order valence-electron chi connectivity index (χ4n) is 3.50. The molecule has 2 aromatic rings. The minimum absolute atomic E-state index is 0. The van der Waals surface area contributed by atoms with E-state index in [2.05, 4.69) is 22.4 Å². The predicted molar refractivity (Wildman–Crippen MR) is 101 cm³/mol. The average molecular weight is 379 g/mol. The summed E-state index contributed by atoms with van der Waals surface area (Å²) in [5.41, 5.74) is 1.20. The van der Waals surface area contributed by atoms with Crippen LogP contribution in [0.15, 0.2) is 46.0 Å². The first-order valence-corrected chi connectivity index (χ1v) is 8.53. The minimum Gasteiger partial charge on any atom is -0.461 e. The van der Waals surface area contributed by atoms with E-state index >= 15 is 0 Å².